The van der Waals surface area contributed by atoms with Gasteiger partial charge in [-0.2, -0.15) is 0 Å². The van der Waals surface area contributed by atoms with E-state index in [1.54, 1.807) is 0 Å². The Bertz CT molecular complexity index is 1080. The van der Waals surface area contributed by atoms with Crippen molar-refractivity contribution in [2.75, 3.05) is 0 Å². The molecular formula is C26H24O. The molecule has 4 rings (SSSR count). The molecule has 0 aromatic heterocycles. The van der Waals surface area contributed by atoms with Gasteiger partial charge in [-0.15, -0.1) is 0 Å². The summed E-state index contributed by atoms with van der Waals surface area (Å²) < 4.78 is 6.25. The van der Waals surface area contributed by atoms with Crippen LogP contribution in [0.4, 0.5) is 0 Å². The summed E-state index contributed by atoms with van der Waals surface area (Å²) in [5, 5.41) is 2.42. The lowest BCUT2D eigenvalue weighted by Crippen LogP contribution is -1.98. The van der Waals surface area contributed by atoms with Gasteiger partial charge in [-0.25, -0.2) is 0 Å². The van der Waals surface area contributed by atoms with Crippen LogP contribution in [0.25, 0.3) is 21.9 Å². The molecule has 0 saturated heterocycles. The lowest BCUT2D eigenvalue weighted by atomic mass is 9.92. The molecule has 0 spiro atoms. The molecule has 0 saturated carbocycles. The number of fused-ring (bicyclic) bond motifs is 1. The van der Waals surface area contributed by atoms with Crippen LogP contribution < -0.4 is 4.74 Å². The largest absolute Gasteiger partial charge is 0.488 e. The molecule has 1 nitrogen and oxygen atoms in total. The Kier molecular flexibility index (Phi) is 4.68. The molecular weight excluding hydrogens is 328 g/mol. The highest BCUT2D eigenvalue weighted by Gasteiger charge is 2.13. The Labute approximate surface area is 161 Å². The van der Waals surface area contributed by atoms with Crippen LogP contribution in [0, 0.1) is 20.8 Å². The molecule has 1 heteroatoms. The van der Waals surface area contributed by atoms with Crippen molar-refractivity contribution in [2.45, 2.75) is 27.4 Å². The molecule has 0 unspecified atom stereocenters. The standard InChI is InChI=1S/C26H24O/c1-18-9-12-22(13-10-18)26-20(3)16-25(24-15-19(2)11-14-23(24)26)27-17-21-7-5-4-6-8-21/h4-16H,17H2,1-3H3. The fourth-order valence-corrected chi connectivity index (χ4v) is 3.60. The minimum absolute atomic E-state index is 0.577. The maximum Gasteiger partial charge on any atom is 0.127 e. The van der Waals surface area contributed by atoms with E-state index in [9.17, 15) is 0 Å². The van der Waals surface area contributed by atoms with E-state index in [0.29, 0.717) is 6.61 Å². The number of hydrogen-bond acceptors (Lipinski definition) is 1. The van der Waals surface area contributed by atoms with E-state index in [0.717, 1.165) is 5.75 Å². The van der Waals surface area contributed by atoms with Gasteiger partial charge in [0.1, 0.15) is 12.4 Å². The van der Waals surface area contributed by atoms with Crippen LogP contribution in [-0.4, -0.2) is 0 Å². The number of aryl methyl sites for hydroxylation is 3. The van der Waals surface area contributed by atoms with Crippen molar-refractivity contribution in [2.24, 2.45) is 0 Å². The van der Waals surface area contributed by atoms with Gasteiger partial charge in [0.2, 0.25) is 0 Å². The zero-order valence-electron chi connectivity index (χ0n) is 16.1. The van der Waals surface area contributed by atoms with Gasteiger partial charge in [-0.3, -0.25) is 0 Å². The second-order valence-electron chi connectivity index (χ2n) is 7.26. The first-order valence-electron chi connectivity index (χ1n) is 9.39. The number of hydrogen-bond donors (Lipinski definition) is 0. The number of benzene rings is 4. The zero-order valence-corrected chi connectivity index (χ0v) is 16.1. The van der Waals surface area contributed by atoms with Crippen LogP contribution in [0.2, 0.25) is 0 Å². The summed E-state index contributed by atoms with van der Waals surface area (Å²) in [4.78, 5) is 0. The van der Waals surface area contributed by atoms with Gasteiger partial charge >= 0.3 is 0 Å². The third kappa shape index (κ3) is 3.59. The SMILES string of the molecule is Cc1ccc(-c2c(C)cc(OCc3ccccc3)c3cc(C)ccc23)cc1. The van der Waals surface area contributed by atoms with Crippen LogP contribution in [0.15, 0.2) is 78.9 Å². The van der Waals surface area contributed by atoms with E-state index < -0.39 is 0 Å². The van der Waals surface area contributed by atoms with Gasteiger partial charge in [0.15, 0.2) is 0 Å². The molecule has 0 fully saturated rings. The Balaban J connectivity index is 1.82. The Hall–Kier alpha value is -3.06. The molecule has 0 N–H and O–H groups in total. The molecule has 0 aliphatic carbocycles. The van der Waals surface area contributed by atoms with Crippen LogP contribution in [-0.2, 0) is 6.61 Å². The van der Waals surface area contributed by atoms with Crippen molar-refractivity contribution < 1.29 is 4.74 Å². The predicted molar refractivity (Wildman–Crippen MR) is 114 cm³/mol. The summed E-state index contributed by atoms with van der Waals surface area (Å²) in [7, 11) is 0. The van der Waals surface area contributed by atoms with Gasteiger partial charge in [0, 0.05) is 5.39 Å². The third-order valence-corrected chi connectivity index (χ3v) is 5.03. The minimum Gasteiger partial charge on any atom is -0.488 e. The number of rotatable bonds is 4. The van der Waals surface area contributed by atoms with Crippen molar-refractivity contribution in [1.29, 1.82) is 0 Å². The summed E-state index contributed by atoms with van der Waals surface area (Å²) in [6.07, 6.45) is 0. The first-order valence-corrected chi connectivity index (χ1v) is 9.39. The average Bonchev–Trinajstić information content (AvgIpc) is 2.68. The van der Waals surface area contributed by atoms with Crippen molar-refractivity contribution in [1.82, 2.24) is 0 Å². The summed E-state index contributed by atoms with van der Waals surface area (Å²) in [5.41, 5.74) is 7.47. The first kappa shape index (κ1) is 17.4. The summed E-state index contributed by atoms with van der Waals surface area (Å²) in [6, 6.07) is 27.9. The first-order chi connectivity index (χ1) is 13.1. The highest BCUT2D eigenvalue weighted by molar-refractivity contribution is 6.02. The monoisotopic (exact) mass is 352 g/mol. The molecule has 0 aliphatic rings. The second kappa shape index (κ2) is 7.28. The van der Waals surface area contributed by atoms with Gasteiger partial charge in [0.05, 0.1) is 0 Å². The zero-order chi connectivity index (χ0) is 18.8. The highest BCUT2D eigenvalue weighted by Crippen LogP contribution is 2.38. The van der Waals surface area contributed by atoms with Gasteiger partial charge in [-0.1, -0.05) is 77.9 Å². The van der Waals surface area contributed by atoms with Crippen LogP contribution >= 0.6 is 0 Å². The minimum atomic E-state index is 0.577. The van der Waals surface area contributed by atoms with Crippen LogP contribution in [0.3, 0.4) is 0 Å². The lowest BCUT2D eigenvalue weighted by molar-refractivity contribution is 0.310. The Morgan fingerprint density at radius 1 is 0.667 bits per heavy atom. The lowest BCUT2D eigenvalue weighted by Gasteiger charge is -2.17. The second-order valence-corrected chi connectivity index (χ2v) is 7.26. The molecule has 0 atom stereocenters. The summed E-state index contributed by atoms with van der Waals surface area (Å²) in [6.45, 7) is 7.00. The fraction of sp³-hybridized carbons (Fsp3) is 0.154. The van der Waals surface area contributed by atoms with Crippen molar-refractivity contribution in [3.63, 3.8) is 0 Å². The fourth-order valence-electron chi connectivity index (χ4n) is 3.60. The van der Waals surface area contributed by atoms with E-state index in [1.165, 1.54) is 44.2 Å². The molecule has 0 bridgehead atoms. The van der Waals surface area contributed by atoms with E-state index in [2.05, 4.69) is 81.4 Å². The molecule has 4 aromatic rings. The average molecular weight is 352 g/mol. The molecule has 27 heavy (non-hydrogen) atoms. The van der Waals surface area contributed by atoms with Crippen LogP contribution in [0.1, 0.15) is 22.3 Å². The normalized spacial score (nSPS) is 10.9. The quantitative estimate of drug-likeness (QED) is 0.384. The topological polar surface area (TPSA) is 9.23 Å². The number of ether oxygens (including phenoxy) is 1. The van der Waals surface area contributed by atoms with E-state index in [4.69, 9.17) is 4.74 Å². The molecule has 4 aromatic carbocycles. The van der Waals surface area contributed by atoms with E-state index >= 15 is 0 Å². The highest BCUT2D eigenvalue weighted by atomic mass is 16.5. The predicted octanol–water partition coefficient (Wildman–Crippen LogP) is 7.01. The van der Waals surface area contributed by atoms with Crippen LogP contribution in [0.5, 0.6) is 5.75 Å². The molecule has 0 amide bonds. The van der Waals surface area contributed by atoms with Crippen molar-refractivity contribution in [3.8, 4) is 16.9 Å². The smallest absolute Gasteiger partial charge is 0.127 e. The summed E-state index contributed by atoms with van der Waals surface area (Å²) >= 11 is 0. The van der Waals surface area contributed by atoms with E-state index in [-0.39, 0.29) is 0 Å². The van der Waals surface area contributed by atoms with Gasteiger partial charge in [-0.05, 0) is 60.5 Å². The van der Waals surface area contributed by atoms with Gasteiger partial charge in [0.25, 0.3) is 0 Å². The Morgan fingerprint density at radius 3 is 2.11 bits per heavy atom. The maximum absolute atomic E-state index is 6.25. The van der Waals surface area contributed by atoms with Crippen molar-refractivity contribution in [3.05, 3.63) is 101 Å². The Morgan fingerprint density at radius 2 is 1.37 bits per heavy atom. The maximum atomic E-state index is 6.25. The third-order valence-electron chi connectivity index (χ3n) is 5.03. The molecule has 134 valence electrons. The molecule has 0 heterocycles. The summed E-state index contributed by atoms with van der Waals surface area (Å²) in [5.74, 6) is 0.950. The molecule has 0 radical (unpaired) electrons. The molecule has 0 aliphatic heterocycles. The van der Waals surface area contributed by atoms with Crippen molar-refractivity contribution >= 4 is 10.8 Å². The van der Waals surface area contributed by atoms with E-state index in [1.807, 2.05) is 18.2 Å². The van der Waals surface area contributed by atoms with Gasteiger partial charge < -0.3 is 4.74 Å².